The molecule has 8 nitrogen and oxygen atoms in total. The number of aryl methyl sites for hydroxylation is 2. The molecule has 1 amide bonds. The Morgan fingerprint density at radius 2 is 2.00 bits per heavy atom. The van der Waals surface area contributed by atoms with Crippen LogP contribution in [0.15, 0.2) is 23.1 Å². The Hall–Kier alpha value is -1.97. The summed E-state index contributed by atoms with van der Waals surface area (Å²) in [6, 6.07) is 5.09. The number of sulfonamides is 1. The molecule has 9 heteroatoms. The molecule has 0 bridgehead atoms. The first kappa shape index (κ1) is 21.7. The van der Waals surface area contributed by atoms with Gasteiger partial charge in [0, 0.05) is 39.0 Å². The van der Waals surface area contributed by atoms with Crippen molar-refractivity contribution in [2.75, 3.05) is 32.8 Å². The molecule has 1 aromatic heterocycles. The van der Waals surface area contributed by atoms with Crippen molar-refractivity contribution in [2.45, 2.75) is 51.0 Å². The number of hydrogen-bond acceptors (Lipinski definition) is 5. The quantitative estimate of drug-likeness (QED) is 0.623. The lowest BCUT2D eigenvalue weighted by Gasteiger charge is -2.26. The smallest absolute Gasteiger partial charge is 0.243 e. The monoisotopic (exact) mass is 422 g/mol. The molecule has 1 aliphatic heterocycles. The second-order valence-corrected chi connectivity index (χ2v) is 9.08. The summed E-state index contributed by atoms with van der Waals surface area (Å²) in [4.78, 5) is 16.9. The van der Waals surface area contributed by atoms with Crippen LogP contribution in [0.2, 0.25) is 0 Å². The van der Waals surface area contributed by atoms with Crippen molar-refractivity contribution in [3.05, 3.63) is 24.0 Å². The van der Waals surface area contributed by atoms with Gasteiger partial charge in [-0.2, -0.15) is 4.31 Å². The Labute approximate surface area is 172 Å². The Bertz CT molecular complexity index is 949. The van der Waals surface area contributed by atoms with Gasteiger partial charge in [-0.05, 0) is 31.5 Å². The molecule has 29 heavy (non-hydrogen) atoms. The average molecular weight is 423 g/mol. The maximum absolute atomic E-state index is 12.9. The van der Waals surface area contributed by atoms with Crippen LogP contribution >= 0.6 is 0 Å². The first-order valence-corrected chi connectivity index (χ1v) is 11.7. The molecular weight excluding hydrogens is 392 g/mol. The molecule has 2 aromatic rings. The predicted molar refractivity (Wildman–Crippen MR) is 111 cm³/mol. The zero-order valence-electron chi connectivity index (χ0n) is 17.2. The summed E-state index contributed by atoms with van der Waals surface area (Å²) in [5.41, 5.74) is 1.53. The summed E-state index contributed by atoms with van der Waals surface area (Å²) in [6.07, 6.45) is 2.90. The normalized spacial score (nSPS) is 15.7. The van der Waals surface area contributed by atoms with Gasteiger partial charge < -0.3 is 14.6 Å². The minimum absolute atomic E-state index is 0.0174. The van der Waals surface area contributed by atoms with Gasteiger partial charge in [-0.3, -0.25) is 4.79 Å². The van der Waals surface area contributed by atoms with E-state index in [2.05, 4.69) is 17.2 Å². The van der Waals surface area contributed by atoms with E-state index in [0.29, 0.717) is 57.8 Å². The summed E-state index contributed by atoms with van der Waals surface area (Å²) in [5.74, 6) is 0.817. The largest absolute Gasteiger partial charge is 0.379 e. The summed E-state index contributed by atoms with van der Waals surface area (Å²) in [5, 5.41) is 2.92. The van der Waals surface area contributed by atoms with Gasteiger partial charge in [0.25, 0.3) is 0 Å². The van der Waals surface area contributed by atoms with Gasteiger partial charge in [-0.1, -0.05) is 13.3 Å². The Balaban J connectivity index is 1.79. The minimum atomic E-state index is -3.56. The van der Waals surface area contributed by atoms with Crippen LogP contribution in [0.25, 0.3) is 11.0 Å². The summed E-state index contributed by atoms with van der Waals surface area (Å²) in [6.45, 7) is 7.06. The molecule has 0 radical (unpaired) electrons. The molecule has 1 N–H and O–H groups in total. The third-order valence-electron chi connectivity index (χ3n) is 5.15. The predicted octanol–water partition coefficient (Wildman–Crippen LogP) is 1.93. The minimum Gasteiger partial charge on any atom is -0.379 e. The van der Waals surface area contributed by atoms with Gasteiger partial charge in [0.1, 0.15) is 5.82 Å². The maximum Gasteiger partial charge on any atom is 0.243 e. The lowest BCUT2D eigenvalue weighted by Crippen LogP contribution is -2.40. The molecule has 1 fully saturated rings. The molecule has 160 valence electrons. The van der Waals surface area contributed by atoms with Crippen LogP contribution < -0.4 is 5.32 Å². The number of unbranched alkanes of at least 4 members (excludes halogenated alkanes) is 1. The number of nitrogens with one attached hydrogen (secondary N) is 1. The van der Waals surface area contributed by atoms with Crippen LogP contribution in [-0.4, -0.2) is 61.0 Å². The second kappa shape index (κ2) is 9.69. The Kier molecular flexibility index (Phi) is 7.26. The average Bonchev–Trinajstić information content (AvgIpc) is 3.09. The highest BCUT2D eigenvalue weighted by Gasteiger charge is 2.27. The van der Waals surface area contributed by atoms with Gasteiger partial charge >= 0.3 is 0 Å². The number of ether oxygens (including phenoxy) is 1. The number of imidazole rings is 1. The van der Waals surface area contributed by atoms with Crippen molar-refractivity contribution in [1.29, 1.82) is 0 Å². The lowest BCUT2D eigenvalue weighted by molar-refractivity contribution is -0.121. The number of rotatable bonds is 9. The van der Waals surface area contributed by atoms with Gasteiger partial charge in [-0.25, -0.2) is 13.4 Å². The summed E-state index contributed by atoms with van der Waals surface area (Å²) >= 11 is 0. The van der Waals surface area contributed by atoms with Gasteiger partial charge in [0.05, 0.1) is 29.1 Å². The van der Waals surface area contributed by atoms with Gasteiger partial charge in [0.15, 0.2) is 0 Å². The number of fused-ring (bicyclic) bond motifs is 1. The molecule has 2 heterocycles. The van der Waals surface area contributed by atoms with Crippen LogP contribution in [0, 0.1) is 0 Å². The zero-order chi connectivity index (χ0) is 20.9. The molecule has 1 aliphatic rings. The lowest BCUT2D eigenvalue weighted by atomic mass is 10.2. The number of nitrogens with zero attached hydrogens (tertiary/aromatic N) is 3. The molecule has 0 aliphatic carbocycles. The second-order valence-electron chi connectivity index (χ2n) is 7.14. The molecule has 3 rings (SSSR count). The fraction of sp³-hybridized carbons (Fsp3) is 0.600. The van der Waals surface area contributed by atoms with E-state index in [1.54, 1.807) is 12.1 Å². The molecular formula is C20H30N4O4S. The van der Waals surface area contributed by atoms with Crippen LogP contribution in [-0.2, 0) is 32.5 Å². The van der Waals surface area contributed by atoms with E-state index in [0.717, 1.165) is 24.2 Å². The van der Waals surface area contributed by atoms with Gasteiger partial charge in [-0.15, -0.1) is 0 Å². The molecule has 0 spiro atoms. The van der Waals surface area contributed by atoms with E-state index >= 15 is 0 Å². The highest BCUT2D eigenvalue weighted by atomic mass is 32.2. The number of hydrogen-bond donors (Lipinski definition) is 1. The third kappa shape index (κ3) is 4.96. The van der Waals surface area contributed by atoms with Crippen LogP contribution in [0.1, 0.15) is 38.9 Å². The number of aromatic nitrogens is 2. The molecule has 1 saturated heterocycles. The molecule has 0 unspecified atom stereocenters. The summed E-state index contributed by atoms with van der Waals surface area (Å²) < 4.78 is 34.6. The van der Waals surface area contributed by atoms with Crippen LogP contribution in [0.4, 0.5) is 0 Å². The Morgan fingerprint density at radius 1 is 1.24 bits per heavy atom. The highest BCUT2D eigenvalue weighted by molar-refractivity contribution is 7.89. The number of carbonyl (C=O) groups is 1. The highest BCUT2D eigenvalue weighted by Crippen LogP contribution is 2.24. The standard InChI is InChI=1S/C20H30N4O4S/c1-3-5-10-21-20(25)9-8-19-22-17-15-16(6-7-18(17)24(19)4-2)29(26,27)23-11-13-28-14-12-23/h6-7,15H,3-5,8-14H2,1-2H3,(H,21,25). The molecule has 1 aromatic carbocycles. The molecule has 0 atom stereocenters. The van der Waals surface area contributed by atoms with Crippen molar-refractivity contribution in [2.24, 2.45) is 0 Å². The van der Waals surface area contributed by atoms with Crippen molar-refractivity contribution in [3.8, 4) is 0 Å². The zero-order valence-corrected chi connectivity index (χ0v) is 18.0. The van der Waals surface area contributed by atoms with E-state index in [1.165, 1.54) is 4.31 Å². The number of carbonyl (C=O) groups excluding carboxylic acids is 1. The first-order chi connectivity index (χ1) is 14.0. The SMILES string of the molecule is CCCCNC(=O)CCc1nc2cc(S(=O)(=O)N3CCOCC3)ccc2n1CC. The van der Waals surface area contributed by atoms with Crippen molar-refractivity contribution < 1.29 is 17.9 Å². The molecule has 0 saturated carbocycles. The topological polar surface area (TPSA) is 93.5 Å². The third-order valence-corrected chi connectivity index (χ3v) is 7.05. The maximum atomic E-state index is 12.9. The number of benzene rings is 1. The summed E-state index contributed by atoms with van der Waals surface area (Å²) in [7, 11) is -3.56. The van der Waals surface area contributed by atoms with E-state index in [-0.39, 0.29) is 10.8 Å². The fourth-order valence-corrected chi connectivity index (χ4v) is 4.95. The fourth-order valence-electron chi connectivity index (χ4n) is 3.52. The number of morpholine rings is 1. The van der Waals surface area contributed by atoms with E-state index < -0.39 is 10.0 Å². The van der Waals surface area contributed by atoms with Crippen molar-refractivity contribution in [3.63, 3.8) is 0 Å². The van der Waals surface area contributed by atoms with E-state index in [9.17, 15) is 13.2 Å². The van der Waals surface area contributed by atoms with Crippen molar-refractivity contribution in [1.82, 2.24) is 19.2 Å². The van der Waals surface area contributed by atoms with Crippen LogP contribution in [0.5, 0.6) is 0 Å². The van der Waals surface area contributed by atoms with Crippen molar-refractivity contribution >= 4 is 27.0 Å². The first-order valence-electron chi connectivity index (χ1n) is 10.3. The number of amides is 1. The van der Waals surface area contributed by atoms with Crippen LogP contribution in [0.3, 0.4) is 0 Å². The Morgan fingerprint density at radius 3 is 2.69 bits per heavy atom. The van der Waals surface area contributed by atoms with Gasteiger partial charge in [0.2, 0.25) is 15.9 Å². The van der Waals surface area contributed by atoms with E-state index in [4.69, 9.17) is 4.74 Å². The van der Waals surface area contributed by atoms with E-state index in [1.807, 2.05) is 17.6 Å².